The average Bonchev–Trinajstić information content (AvgIpc) is 2.58. The van der Waals surface area contributed by atoms with E-state index in [0.717, 1.165) is 4.47 Å². The number of carbonyl (C=O) groups excluding carboxylic acids is 3. The molecule has 0 atom stereocenters. The van der Waals surface area contributed by atoms with Gasteiger partial charge < -0.3 is 4.74 Å². The van der Waals surface area contributed by atoms with Crippen LogP contribution in [0.1, 0.15) is 20.7 Å². The monoisotopic (exact) mass is 410 g/mol. The van der Waals surface area contributed by atoms with Crippen LogP contribution < -0.4 is 10.9 Å². The number of hydrogen-bond acceptors (Lipinski definition) is 4. The Bertz CT molecular complexity index is 765. The van der Waals surface area contributed by atoms with E-state index in [9.17, 15) is 14.4 Å². The van der Waals surface area contributed by atoms with Crippen LogP contribution in [0.15, 0.2) is 53.0 Å². The van der Waals surface area contributed by atoms with E-state index in [-0.39, 0.29) is 0 Å². The highest BCUT2D eigenvalue weighted by Gasteiger charge is 2.11. The minimum Gasteiger partial charge on any atom is -0.452 e. The Morgan fingerprint density at radius 2 is 1.71 bits per heavy atom. The molecule has 0 fully saturated rings. The Labute approximate surface area is 151 Å². The van der Waals surface area contributed by atoms with Crippen molar-refractivity contribution in [2.75, 3.05) is 6.61 Å². The number of hydrogen-bond donors (Lipinski definition) is 2. The number of halogens is 2. The van der Waals surface area contributed by atoms with Crippen LogP contribution >= 0.6 is 27.5 Å². The Balaban J connectivity index is 1.78. The summed E-state index contributed by atoms with van der Waals surface area (Å²) in [6.07, 6.45) is 0. The molecule has 24 heavy (non-hydrogen) atoms. The van der Waals surface area contributed by atoms with E-state index in [1.54, 1.807) is 36.4 Å². The van der Waals surface area contributed by atoms with Gasteiger partial charge >= 0.3 is 5.97 Å². The van der Waals surface area contributed by atoms with Gasteiger partial charge in [0.25, 0.3) is 11.8 Å². The average molecular weight is 412 g/mol. The van der Waals surface area contributed by atoms with Crippen molar-refractivity contribution in [3.05, 3.63) is 69.2 Å². The maximum Gasteiger partial charge on any atom is 0.338 e. The van der Waals surface area contributed by atoms with E-state index < -0.39 is 24.4 Å². The lowest BCUT2D eigenvalue weighted by molar-refractivity contribution is -0.125. The zero-order valence-corrected chi connectivity index (χ0v) is 14.6. The highest BCUT2D eigenvalue weighted by molar-refractivity contribution is 9.10. The number of ether oxygens (including phenoxy) is 1. The smallest absolute Gasteiger partial charge is 0.338 e. The molecule has 2 aromatic carbocycles. The maximum absolute atomic E-state index is 11.8. The van der Waals surface area contributed by atoms with E-state index in [1.807, 2.05) is 0 Å². The molecule has 0 saturated carbocycles. The van der Waals surface area contributed by atoms with Gasteiger partial charge in [-0.3, -0.25) is 20.4 Å². The molecule has 0 bridgehead atoms. The summed E-state index contributed by atoms with van der Waals surface area (Å²) in [4.78, 5) is 35.1. The Morgan fingerprint density at radius 1 is 1.00 bits per heavy atom. The van der Waals surface area contributed by atoms with Crippen molar-refractivity contribution in [1.29, 1.82) is 0 Å². The van der Waals surface area contributed by atoms with E-state index >= 15 is 0 Å². The highest BCUT2D eigenvalue weighted by Crippen LogP contribution is 2.12. The number of amides is 2. The number of nitrogens with one attached hydrogen (secondary N) is 2. The maximum atomic E-state index is 11.8. The summed E-state index contributed by atoms with van der Waals surface area (Å²) >= 11 is 8.96. The van der Waals surface area contributed by atoms with Gasteiger partial charge in [0.1, 0.15) is 0 Å². The molecule has 2 amide bonds. The number of hydrazine groups is 1. The van der Waals surface area contributed by atoms with Crippen LogP contribution in [0.5, 0.6) is 0 Å². The van der Waals surface area contributed by atoms with E-state index in [0.29, 0.717) is 16.1 Å². The van der Waals surface area contributed by atoms with Crippen LogP contribution in [0, 0.1) is 0 Å². The number of rotatable bonds is 4. The highest BCUT2D eigenvalue weighted by atomic mass is 79.9. The zero-order chi connectivity index (χ0) is 17.5. The molecule has 0 heterocycles. The summed E-state index contributed by atoms with van der Waals surface area (Å²) in [5.41, 5.74) is 5.00. The summed E-state index contributed by atoms with van der Waals surface area (Å²) in [6.45, 7) is -0.522. The lowest BCUT2D eigenvalue weighted by Gasteiger charge is -2.08. The van der Waals surface area contributed by atoms with Gasteiger partial charge in [-0.15, -0.1) is 0 Å². The summed E-state index contributed by atoms with van der Waals surface area (Å²) in [7, 11) is 0. The lowest BCUT2D eigenvalue weighted by atomic mass is 10.2. The van der Waals surface area contributed by atoms with Gasteiger partial charge in [-0.05, 0) is 42.5 Å². The third kappa shape index (κ3) is 5.36. The molecule has 2 N–H and O–H groups in total. The predicted molar refractivity (Wildman–Crippen MR) is 91.5 cm³/mol. The predicted octanol–water partition coefficient (Wildman–Crippen LogP) is 2.72. The van der Waals surface area contributed by atoms with Gasteiger partial charge in [-0.1, -0.05) is 33.6 Å². The van der Waals surface area contributed by atoms with Crippen LogP contribution in [-0.4, -0.2) is 24.4 Å². The molecule has 0 saturated heterocycles. The summed E-state index contributed by atoms with van der Waals surface area (Å²) in [5.74, 6) is -1.82. The SMILES string of the molecule is O=C(COC(=O)c1cccc(Br)c1)NNC(=O)c1ccc(Cl)cc1. The minimum absolute atomic E-state index is 0.308. The molecule has 0 aromatic heterocycles. The Kier molecular flexibility index (Phi) is 6.34. The van der Waals surface area contributed by atoms with Gasteiger partial charge in [0.05, 0.1) is 5.56 Å². The van der Waals surface area contributed by atoms with Crippen molar-refractivity contribution in [3.8, 4) is 0 Å². The molecule has 8 heteroatoms. The first-order valence-electron chi connectivity index (χ1n) is 6.73. The third-order valence-electron chi connectivity index (χ3n) is 2.82. The number of carbonyl (C=O) groups is 3. The minimum atomic E-state index is -0.666. The first kappa shape index (κ1) is 18.0. The van der Waals surface area contributed by atoms with Gasteiger partial charge in [0.2, 0.25) is 0 Å². The second kappa shape index (κ2) is 8.47. The second-order valence-electron chi connectivity index (χ2n) is 4.60. The van der Waals surface area contributed by atoms with Gasteiger partial charge in [-0.2, -0.15) is 0 Å². The molecule has 0 aliphatic carbocycles. The molecule has 0 unspecified atom stereocenters. The van der Waals surface area contributed by atoms with Crippen LogP contribution in [0.4, 0.5) is 0 Å². The normalized spacial score (nSPS) is 9.92. The zero-order valence-electron chi connectivity index (χ0n) is 12.2. The fourth-order valence-electron chi connectivity index (χ4n) is 1.67. The van der Waals surface area contributed by atoms with Crippen LogP contribution in [0.25, 0.3) is 0 Å². The topological polar surface area (TPSA) is 84.5 Å². The number of esters is 1. The molecular formula is C16H12BrClN2O4. The van der Waals surface area contributed by atoms with Crippen molar-refractivity contribution < 1.29 is 19.1 Å². The molecule has 6 nitrogen and oxygen atoms in total. The van der Waals surface area contributed by atoms with Gasteiger partial charge in [-0.25, -0.2) is 4.79 Å². The molecule has 0 aliphatic heterocycles. The third-order valence-corrected chi connectivity index (χ3v) is 3.56. The fraction of sp³-hybridized carbons (Fsp3) is 0.0625. The first-order chi connectivity index (χ1) is 11.5. The van der Waals surface area contributed by atoms with Crippen molar-refractivity contribution in [2.24, 2.45) is 0 Å². The van der Waals surface area contributed by atoms with Crippen molar-refractivity contribution in [2.45, 2.75) is 0 Å². The van der Waals surface area contributed by atoms with Crippen LogP contribution in [-0.2, 0) is 9.53 Å². The quantitative estimate of drug-likeness (QED) is 0.598. The molecule has 2 aromatic rings. The molecule has 2 rings (SSSR count). The Morgan fingerprint density at radius 3 is 2.38 bits per heavy atom. The summed E-state index contributed by atoms with van der Waals surface area (Å²) in [6, 6.07) is 12.7. The lowest BCUT2D eigenvalue weighted by Crippen LogP contribution is -2.43. The second-order valence-corrected chi connectivity index (χ2v) is 5.95. The van der Waals surface area contributed by atoms with E-state index in [1.165, 1.54) is 12.1 Å². The molecule has 0 radical (unpaired) electrons. The first-order valence-corrected chi connectivity index (χ1v) is 7.90. The molecule has 0 spiro atoms. The van der Waals surface area contributed by atoms with Crippen molar-refractivity contribution >= 4 is 45.3 Å². The van der Waals surface area contributed by atoms with Crippen LogP contribution in [0.3, 0.4) is 0 Å². The number of benzene rings is 2. The molecular weight excluding hydrogens is 400 g/mol. The van der Waals surface area contributed by atoms with E-state index in [2.05, 4.69) is 26.8 Å². The fourth-order valence-corrected chi connectivity index (χ4v) is 2.19. The standard InChI is InChI=1S/C16H12BrClN2O4/c17-12-3-1-2-11(8-12)16(23)24-9-14(21)19-20-15(22)10-4-6-13(18)7-5-10/h1-8H,9H2,(H,19,21)(H,20,22). The summed E-state index contributed by atoms with van der Waals surface area (Å²) in [5, 5.41) is 0.495. The molecule has 124 valence electrons. The van der Waals surface area contributed by atoms with Crippen molar-refractivity contribution in [1.82, 2.24) is 10.9 Å². The molecule has 0 aliphatic rings. The van der Waals surface area contributed by atoms with Gasteiger partial charge in [0.15, 0.2) is 6.61 Å². The van der Waals surface area contributed by atoms with Crippen molar-refractivity contribution in [3.63, 3.8) is 0 Å². The largest absolute Gasteiger partial charge is 0.452 e. The van der Waals surface area contributed by atoms with E-state index in [4.69, 9.17) is 16.3 Å². The van der Waals surface area contributed by atoms with Crippen LogP contribution in [0.2, 0.25) is 5.02 Å². The Hall–Kier alpha value is -2.38. The van der Waals surface area contributed by atoms with Gasteiger partial charge in [0, 0.05) is 15.1 Å². The summed E-state index contributed by atoms with van der Waals surface area (Å²) < 4.78 is 5.58.